The number of nitrogen functional groups attached to an aromatic ring is 1. The highest BCUT2D eigenvalue weighted by atomic mass is 35.5. The van der Waals surface area contributed by atoms with Crippen LogP contribution in [0.4, 0.5) is 5.69 Å². The molecule has 0 aliphatic heterocycles. The molecule has 6 heteroatoms. The Kier molecular flexibility index (Phi) is 3.74. The topological polar surface area (TPSA) is 56.0 Å². The zero-order valence-corrected chi connectivity index (χ0v) is 12.8. The van der Waals surface area contributed by atoms with E-state index in [1.54, 1.807) is 18.2 Å². The molecule has 2 aromatic carbocycles. The van der Waals surface area contributed by atoms with E-state index in [0.29, 0.717) is 20.8 Å². The van der Waals surface area contributed by atoms with E-state index in [0.717, 1.165) is 15.8 Å². The van der Waals surface area contributed by atoms with Crippen molar-refractivity contribution in [3.8, 4) is 0 Å². The Bertz CT molecular complexity index is 783. The van der Waals surface area contributed by atoms with Crippen LogP contribution in [0.2, 0.25) is 5.02 Å². The lowest BCUT2D eigenvalue weighted by Gasteiger charge is -1.99. The average molecular weight is 323 g/mol. The summed E-state index contributed by atoms with van der Waals surface area (Å²) >= 11 is 7.26. The van der Waals surface area contributed by atoms with E-state index in [1.807, 2.05) is 24.3 Å². The van der Waals surface area contributed by atoms with Crippen LogP contribution in [0.5, 0.6) is 0 Å². The summed E-state index contributed by atoms with van der Waals surface area (Å²) in [6.45, 7) is 0. The van der Waals surface area contributed by atoms with E-state index >= 15 is 0 Å². The third-order valence-electron chi connectivity index (χ3n) is 2.80. The Morgan fingerprint density at radius 3 is 2.70 bits per heavy atom. The summed E-state index contributed by atoms with van der Waals surface area (Å²) in [7, 11) is -1.16. The van der Waals surface area contributed by atoms with Gasteiger partial charge in [-0.25, -0.2) is 4.98 Å². The molecule has 0 aliphatic carbocycles. The molecular weight excluding hydrogens is 312 g/mol. The number of thiazole rings is 1. The maximum atomic E-state index is 12.3. The van der Waals surface area contributed by atoms with Gasteiger partial charge < -0.3 is 5.73 Å². The molecule has 0 amide bonds. The van der Waals surface area contributed by atoms with Gasteiger partial charge in [0, 0.05) is 10.7 Å². The Labute approximate surface area is 127 Å². The Morgan fingerprint density at radius 2 is 1.95 bits per heavy atom. The number of fused-ring (bicyclic) bond motifs is 1. The maximum absolute atomic E-state index is 12.3. The molecule has 0 fully saturated rings. The lowest BCUT2D eigenvalue weighted by Crippen LogP contribution is -1.95. The van der Waals surface area contributed by atoms with Crippen LogP contribution in [0.1, 0.15) is 5.56 Å². The third-order valence-corrected chi connectivity index (χ3v) is 5.75. The molecule has 0 saturated carbocycles. The molecule has 0 aliphatic rings. The van der Waals surface area contributed by atoms with Gasteiger partial charge in [0.2, 0.25) is 0 Å². The number of benzene rings is 2. The highest BCUT2D eigenvalue weighted by molar-refractivity contribution is 7.86. The van der Waals surface area contributed by atoms with Crippen molar-refractivity contribution in [2.24, 2.45) is 0 Å². The number of rotatable bonds is 3. The van der Waals surface area contributed by atoms with Crippen LogP contribution in [-0.2, 0) is 16.6 Å². The first kappa shape index (κ1) is 13.5. The molecule has 1 aromatic heterocycles. The van der Waals surface area contributed by atoms with Gasteiger partial charge in [-0.05, 0) is 35.9 Å². The number of hydrogen-bond donors (Lipinski definition) is 1. The minimum absolute atomic E-state index is 0.437. The number of hydrogen-bond acceptors (Lipinski definition) is 4. The van der Waals surface area contributed by atoms with Crippen molar-refractivity contribution in [2.45, 2.75) is 10.1 Å². The number of aromatic nitrogens is 1. The van der Waals surface area contributed by atoms with Gasteiger partial charge in [0.25, 0.3) is 0 Å². The molecular formula is C14H11ClN2OS2. The predicted octanol–water partition coefficient (Wildman–Crippen LogP) is 3.84. The van der Waals surface area contributed by atoms with Gasteiger partial charge in [0.05, 0.1) is 26.8 Å². The molecule has 102 valence electrons. The van der Waals surface area contributed by atoms with Crippen molar-refractivity contribution >= 4 is 49.6 Å². The molecule has 0 spiro atoms. The average Bonchev–Trinajstić information content (AvgIpc) is 2.84. The molecule has 0 saturated heterocycles. The number of anilines is 1. The fraction of sp³-hybridized carbons (Fsp3) is 0.0714. The minimum Gasteiger partial charge on any atom is -0.399 e. The van der Waals surface area contributed by atoms with Crippen molar-refractivity contribution in [3.63, 3.8) is 0 Å². The largest absolute Gasteiger partial charge is 0.399 e. The minimum atomic E-state index is -1.16. The predicted molar refractivity (Wildman–Crippen MR) is 85.6 cm³/mol. The van der Waals surface area contributed by atoms with Gasteiger partial charge in [0.15, 0.2) is 4.34 Å². The number of nitrogens with two attached hydrogens (primary N) is 1. The first-order valence-electron chi connectivity index (χ1n) is 5.91. The van der Waals surface area contributed by atoms with Gasteiger partial charge in [-0.3, -0.25) is 4.21 Å². The van der Waals surface area contributed by atoms with Gasteiger partial charge in [-0.15, -0.1) is 11.3 Å². The Hall–Kier alpha value is -1.43. The summed E-state index contributed by atoms with van der Waals surface area (Å²) in [6.07, 6.45) is 0. The molecule has 1 heterocycles. The van der Waals surface area contributed by atoms with Gasteiger partial charge >= 0.3 is 0 Å². The van der Waals surface area contributed by atoms with Crippen LogP contribution in [-0.4, -0.2) is 9.19 Å². The van der Waals surface area contributed by atoms with Gasteiger partial charge in [-0.1, -0.05) is 23.7 Å². The van der Waals surface area contributed by atoms with Crippen molar-refractivity contribution < 1.29 is 4.21 Å². The lowest BCUT2D eigenvalue weighted by atomic mass is 10.2. The normalized spacial score (nSPS) is 12.7. The van der Waals surface area contributed by atoms with E-state index < -0.39 is 10.8 Å². The van der Waals surface area contributed by atoms with Gasteiger partial charge in [0.1, 0.15) is 0 Å². The van der Waals surface area contributed by atoms with Crippen LogP contribution in [0, 0.1) is 0 Å². The fourth-order valence-corrected chi connectivity index (χ4v) is 4.32. The zero-order valence-electron chi connectivity index (χ0n) is 10.4. The summed E-state index contributed by atoms with van der Waals surface area (Å²) in [6, 6.07) is 12.9. The highest BCUT2D eigenvalue weighted by Gasteiger charge is 2.11. The van der Waals surface area contributed by atoms with E-state index in [4.69, 9.17) is 17.3 Å². The van der Waals surface area contributed by atoms with Crippen molar-refractivity contribution in [2.75, 3.05) is 5.73 Å². The smallest absolute Gasteiger partial charge is 0.182 e. The number of halogens is 1. The molecule has 0 bridgehead atoms. The lowest BCUT2D eigenvalue weighted by molar-refractivity contribution is 0.682. The second kappa shape index (κ2) is 5.52. The van der Waals surface area contributed by atoms with Crippen molar-refractivity contribution in [3.05, 3.63) is 53.1 Å². The molecule has 2 N–H and O–H groups in total. The zero-order chi connectivity index (χ0) is 14.1. The third kappa shape index (κ3) is 2.85. The summed E-state index contributed by atoms with van der Waals surface area (Å²) in [5.74, 6) is 0.437. The fourth-order valence-electron chi connectivity index (χ4n) is 1.81. The second-order valence-electron chi connectivity index (χ2n) is 4.32. The first-order valence-corrected chi connectivity index (χ1v) is 8.42. The van der Waals surface area contributed by atoms with Crippen LogP contribution >= 0.6 is 22.9 Å². The van der Waals surface area contributed by atoms with E-state index in [2.05, 4.69) is 4.98 Å². The van der Waals surface area contributed by atoms with Crippen molar-refractivity contribution in [1.82, 2.24) is 4.98 Å². The Morgan fingerprint density at radius 1 is 1.20 bits per heavy atom. The molecule has 3 rings (SSSR count). The van der Waals surface area contributed by atoms with Gasteiger partial charge in [-0.2, -0.15) is 0 Å². The first-order chi connectivity index (χ1) is 9.61. The second-order valence-corrected chi connectivity index (χ2v) is 7.42. The van der Waals surface area contributed by atoms with Crippen molar-refractivity contribution in [1.29, 1.82) is 0 Å². The van der Waals surface area contributed by atoms with E-state index in [1.165, 1.54) is 11.3 Å². The molecule has 3 nitrogen and oxygen atoms in total. The molecule has 0 radical (unpaired) electrons. The monoisotopic (exact) mass is 322 g/mol. The molecule has 1 unspecified atom stereocenters. The van der Waals surface area contributed by atoms with Crippen LogP contribution in [0.25, 0.3) is 10.2 Å². The maximum Gasteiger partial charge on any atom is 0.182 e. The van der Waals surface area contributed by atoms with Crippen LogP contribution < -0.4 is 5.73 Å². The summed E-state index contributed by atoms with van der Waals surface area (Å²) in [5.41, 5.74) is 8.24. The van der Waals surface area contributed by atoms with E-state index in [-0.39, 0.29) is 0 Å². The summed E-state index contributed by atoms with van der Waals surface area (Å²) in [5, 5.41) is 0.676. The SMILES string of the molecule is Nc1ccc2nc(S(=O)Cc3ccc(Cl)cc3)sc2c1. The summed E-state index contributed by atoms with van der Waals surface area (Å²) < 4.78 is 13.9. The van der Waals surface area contributed by atoms with Crippen LogP contribution in [0.3, 0.4) is 0 Å². The molecule has 20 heavy (non-hydrogen) atoms. The standard InChI is InChI=1S/C14H11ClN2OS2/c15-10-3-1-9(2-4-10)8-20(18)14-17-12-6-5-11(16)7-13(12)19-14/h1-7H,8,16H2. The number of nitrogens with zero attached hydrogens (tertiary/aromatic N) is 1. The molecule has 1 atom stereocenters. The van der Waals surface area contributed by atoms with Crippen LogP contribution in [0.15, 0.2) is 46.8 Å². The quantitative estimate of drug-likeness (QED) is 0.745. The summed E-state index contributed by atoms with van der Waals surface area (Å²) in [4.78, 5) is 4.40. The Balaban J connectivity index is 1.86. The van der Waals surface area contributed by atoms with E-state index in [9.17, 15) is 4.21 Å². The molecule has 3 aromatic rings. The highest BCUT2D eigenvalue weighted by Crippen LogP contribution is 2.27.